The van der Waals surface area contributed by atoms with E-state index in [9.17, 15) is 8.42 Å². The van der Waals surface area contributed by atoms with Gasteiger partial charge in [0.2, 0.25) is 10.0 Å². The third-order valence-electron chi connectivity index (χ3n) is 3.85. The minimum Gasteiger partial charge on any atom is -0.497 e. The van der Waals surface area contributed by atoms with E-state index in [2.05, 4.69) is 20.7 Å². The molecule has 0 unspecified atom stereocenters. The van der Waals surface area contributed by atoms with Crippen molar-refractivity contribution in [1.29, 1.82) is 0 Å². The maximum Gasteiger partial charge on any atom is 0.241 e. The van der Waals surface area contributed by atoms with Gasteiger partial charge in [0, 0.05) is 4.47 Å². The highest BCUT2D eigenvalue weighted by atomic mass is 79.9. The Labute approximate surface area is 138 Å². The molecule has 6 heteroatoms. The van der Waals surface area contributed by atoms with Crippen molar-refractivity contribution in [2.75, 3.05) is 7.11 Å². The number of benzene rings is 2. The Kier molecular flexibility index (Phi) is 4.01. The van der Waals surface area contributed by atoms with Crippen LogP contribution < -0.4 is 9.46 Å². The highest BCUT2D eigenvalue weighted by molar-refractivity contribution is 9.10. The Bertz CT molecular complexity index is 766. The van der Waals surface area contributed by atoms with E-state index in [0.29, 0.717) is 5.75 Å². The van der Waals surface area contributed by atoms with Gasteiger partial charge in [0.05, 0.1) is 17.5 Å². The molecule has 1 saturated carbocycles. The molecule has 0 radical (unpaired) electrons. The minimum atomic E-state index is -3.56. The molecule has 1 N–H and O–H groups in total. The Morgan fingerprint density at radius 1 is 1.05 bits per heavy atom. The summed E-state index contributed by atoms with van der Waals surface area (Å²) in [5.74, 6) is 0.632. The van der Waals surface area contributed by atoms with Crippen molar-refractivity contribution in [1.82, 2.24) is 4.72 Å². The van der Waals surface area contributed by atoms with Crippen molar-refractivity contribution in [3.8, 4) is 5.75 Å². The molecule has 0 heterocycles. The first kappa shape index (κ1) is 15.5. The fourth-order valence-corrected chi connectivity index (χ4v) is 4.13. The molecule has 2 aromatic carbocycles. The molecule has 0 aromatic heterocycles. The Hall–Kier alpha value is -1.37. The van der Waals surface area contributed by atoms with E-state index in [1.54, 1.807) is 31.4 Å². The first-order valence-electron chi connectivity index (χ1n) is 6.89. The van der Waals surface area contributed by atoms with E-state index in [1.807, 2.05) is 24.3 Å². The van der Waals surface area contributed by atoms with E-state index in [4.69, 9.17) is 4.74 Å². The van der Waals surface area contributed by atoms with E-state index in [-0.39, 0.29) is 4.90 Å². The lowest BCUT2D eigenvalue weighted by Gasteiger charge is -2.18. The summed E-state index contributed by atoms with van der Waals surface area (Å²) in [6, 6.07) is 14.2. The molecule has 4 nitrogen and oxygen atoms in total. The third kappa shape index (κ3) is 3.04. The molecule has 0 aliphatic heterocycles. The number of methoxy groups -OCH3 is 1. The second-order valence-electron chi connectivity index (χ2n) is 5.37. The number of hydrogen-bond acceptors (Lipinski definition) is 3. The highest BCUT2D eigenvalue weighted by Gasteiger charge is 2.47. The van der Waals surface area contributed by atoms with Crippen LogP contribution in [-0.2, 0) is 15.6 Å². The lowest BCUT2D eigenvalue weighted by Crippen LogP contribution is -2.34. The van der Waals surface area contributed by atoms with Crippen molar-refractivity contribution >= 4 is 26.0 Å². The van der Waals surface area contributed by atoms with Crippen LogP contribution in [0.4, 0.5) is 0 Å². The van der Waals surface area contributed by atoms with Gasteiger partial charge in [0.1, 0.15) is 5.75 Å². The van der Waals surface area contributed by atoms with Crippen LogP contribution in [0, 0.1) is 0 Å². The summed E-state index contributed by atoms with van der Waals surface area (Å²) in [6.45, 7) is 0. The summed E-state index contributed by atoms with van der Waals surface area (Å²) in [5.41, 5.74) is 0.521. The van der Waals surface area contributed by atoms with Gasteiger partial charge < -0.3 is 4.74 Å². The van der Waals surface area contributed by atoms with E-state index >= 15 is 0 Å². The lowest BCUT2D eigenvalue weighted by molar-refractivity contribution is 0.414. The normalized spacial score (nSPS) is 16.3. The van der Waals surface area contributed by atoms with Crippen molar-refractivity contribution in [2.24, 2.45) is 0 Å². The second-order valence-corrected chi connectivity index (χ2v) is 7.97. The van der Waals surface area contributed by atoms with Crippen LogP contribution >= 0.6 is 15.9 Å². The Morgan fingerprint density at radius 3 is 2.14 bits per heavy atom. The maximum absolute atomic E-state index is 12.6. The number of hydrogen-bond donors (Lipinski definition) is 1. The lowest BCUT2D eigenvalue weighted by atomic mass is 10.1. The van der Waals surface area contributed by atoms with Gasteiger partial charge in [-0.05, 0) is 54.8 Å². The zero-order valence-electron chi connectivity index (χ0n) is 12.0. The van der Waals surface area contributed by atoms with Crippen LogP contribution in [0.3, 0.4) is 0 Å². The predicted molar refractivity (Wildman–Crippen MR) is 88.4 cm³/mol. The summed E-state index contributed by atoms with van der Waals surface area (Å²) in [5, 5.41) is 0. The molecule has 22 heavy (non-hydrogen) atoms. The van der Waals surface area contributed by atoms with Crippen LogP contribution in [0.15, 0.2) is 57.9 Å². The molecular weight excluding hydrogens is 366 g/mol. The smallest absolute Gasteiger partial charge is 0.241 e. The van der Waals surface area contributed by atoms with Crippen molar-refractivity contribution in [3.05, 3.63) is 58.6 Å². The zero-order valence-corrected chi connectivity index (χ0v) is 14.4. The molecule has 0 atom stereocenters. The first-order valence-corrected chi connectivity index (χ1v) is 9.17. The van der Waals surface area contributed by atoms with Crippen LogP contribution in [0.25, 0.3) is 0 Å². The number of nitrogens with one attached hydrogen (secondary N) is 1. The summed E-state index contributed by atoms with van der Waals surface area (Å²) in [6.07, 6.45) is 1.62. The molecule has 3 rings (SSSR count). The van der Waals surface area contributed by atoms with Crippen LogP contribution in [0.2, 0.25) is 0 Å². The predicted octanol–water partition coefficient (Wildman–Crippen LogP) is 3.43. The molecule has 1 aliphatic carbocycles. The van der Waals surface area contributed by atoms with Gasteiger partial charge in [0.25, 0.3) is 0 Å². The molecule has 0 spiro atoms. The average Bonchev–Trinajstić information content (AvgIpc) is 3.28. The van der Waals surface area contributed by atoms with Gasteiger partial charge in [-0.15, -0.1) is 0 Å². The van der Waals surface area contributed by atoms with E-state index in [1.165, 1.54) is 0 Å². The number of sulfonamides is 1. The van der Waals surface area contributed by atoms with E-state index < -0.39 is 15.6 Å². The monoisotopic (exact) mass is 381 g/mol. The number of rotatable bonds is 5. The minimum absolute atomic E-state index is 0.247. The summed E-state index contributed by atoms with van der Waals surface area (Å²) < 4.78 is 34.0. The Morgan fingerprint density at radius 2 is 1.64 bits per heavy atom. The topological polar surface area (TPSA) is 55.4 Å². The molecular formula is C16H16BrNO3S. The molecule has 1 aliphatic rings. The molecule has 116 valence electrons. The Balaban J connectivity index is 1.85. The number of ether oxygens (including phenoxy) is 1. The molecule has 0 saturated heterocycles. The molecule has 2 aromatic rings. The third-order valence-corrected chi connectivity index (χ3v) is 5.93. The largest absolute Gasteiger partial charge is 0.497 e. The summed E-state index contributed by atoms with van der Waals surface area (Å²) in [7, 11) is -2.01. The SMILES string of the molecule is COc1ccc(S(=O)(=O)NC2(c3ccc(Br)cc3)CC2)cc1. The van der Waals surface area contributed by atoms with Gasteiger partial charge in [-0.1, -0.05) is 28.1 Å². The summed E-state index contributed by atoms with van der Waals surface area (Å²) >= 11 is 3.39. The van der Waals surface area contributed by atoms with Gasteiger partial charge >= 0.3 is 0 Å². The van der Waals surface area contributed by atoms with Crippen molar-refractivity contribution in [3.63, 3.8) is 0 Å². The van der Waals surface area contributed by atoms with Crippen molar-refractivity contribution < 1.29 is 13.2 Å². The van der Waals surface area contributed by atoms with Crippen LogP contribution in [-0.4, -0.2) is 15.5 Å². The maximum atomic E-state index is 12.6. The quantitative estimate of drug-likeness (QED) is 0.862. The average molecular weight is 382 g/mol. The van der Waals surface area contributed by atoms with Crippen LogP contribution in [0.5, 0.6) is 5.75 Å². The first-order chi connectivity index (χ1) is 10.5. The van der Waals surface area contributed by atoms with Gasteiger partial charge in [-0.2, -0.15) is 0 Å². The molecule has 1 fully saturated rings. The van der Waals surface area contributed by atoms with Crippen LogP contribution in [0.1, 0.15) is 18.4 Å². The molecule has 0 bridgehead atoms. The summed E-state index contributed by atoms with van der Waals surface area (Å²) in [4.78, 5) is 0.247. The highest BCUT2D eigenvalue weighted by Crippen LogP contribution is 2.46. The standard InChI is InChI=1S/C16H16BrNO3S/c1-21-14-6-8-15(9-7-14)22(19,20)18-16(10-11-16)12-2-4-13(17)5-3-12/h2-9,18H,10-11H2,1H3. The zero-order chi connectivity index (χ0) is 15.8. The second kappa shape index (κ2) is 5.68. The fraction of sp³-hybridized carbons (Fsp3) is 0.250. The fourth-order valence-electron chi connectivity index (χ4n) is 2.41. The van der Waals surface area contributed by atoms with Crippen molar-refractivity contribution in [2.45, 2.75) is 23.3 Å². The van der Waals surface area contributed by atoms with Gasteiger partial charge in [-0.3, -0.25) is 0 Å². The van der Waals surface area contributed by atoms with Gasteiger partial charge in [-0.25, -0.2) is 13.1 Å². The van der Waals surface area contributed by atoms with E-state index in [0.717, 1.165) is 22.9 Å². The molecule has 0 amide bonds. The number of halogens is 1. The van der Waals surface area contributed by atoms with Gasteiger partial charge in [0.15, 0.2) is 0 Å².